The predicted molar refractivity (Wildman–Crippen MR) is 80.5 cm³/mol. The quantitative estimate of drug-likeness (QED) is 0.795. The maximum atomic E-state index is 6.16. The van der Waals surface area contributed by atoms with E-state index in [1.54, 1.807) is 0 Å². The minimum absolute atomic E-state index is 0.177. The predicted octanol–water partition coefficient (Wildman–Crippen LogP) is 2.66. The molecule has 2 aromatic heterocycles. The zero-order valence-corrected chi connectivity index (χ0v) is 12.0. The topological polar surface area (TPSA) is 61.7 Å². The van der Waals surface area contributed by atoms with Crippen LogP contribution >= 0.6 is 0 Å². The van der Waals surface area contributed by atoms with Crippen molar-refractivity contribution in [2.45, 2.75) is 26.3 Å². The number of benzene rings is 1. The van der Waals surface area contributed by atoms with Crippen LogP contribution in [0.4, 0.5) is 5.95 Å². The summed E-state index contributed by atoms with van der Waals surface area (Å²) in [6.07, 6.45) is 0.948. The molecule has 1 aromatic carbocycles. The molecule has 20 heavy (non-hydrogen) atoms. The number of nitrogens with zero attached hydrogens (tertiary/aromatic N) is 4. The molecule has 3 aromatic rings. The van der Waals surface area contributed by atoms with Gasteiger partial charge in [0.1, 0.15) is 5.52 Å². The van der Waals surface area contributed by atoms with Crippen LogP contribution in [0.3, 0.4) is 0 Å². The molecule has 0 fully saturated rings. The summed E-state index contributed by atoms with van der Waals surface area (Å²) in [6, 6.07) is 10.6. The Labute approximate surface area is 118 Å². The normalized spacial score (nSPS) is 12.9. The van der Waals surface area contributed by atoms with E-state index in [1.165, 1.54) is 5.56 Å². The molecule has 0 radical (unpaired) electrons. The third-order valence-corrected chi connectivity index (χ3v) is 3.75. The van der Waals surface area contributed by atoms with E-state index in [1.807, 2.05) is 24.7 Å². The number of aromatic nitrogens is 4. The Balaban J connectivity index is 2.24. The molecule has 0 aliphatic rings. The molecule has 0 spiro atoms. The van der Waals surface area contributed by atoms with Gasteiger partial charge in [-0.1, -0.05) is 37.3 Å². The highest BCUT2D eigenvalue weighted by Gasteiger charge is 2.22. The van der Waals surface area contributed by atoms with E-state index < -0.39 is 0 Å². The number of hydrogen-bond donors (Lipinski definition) is 1. The van der Waals surface area contributed by atoms with Crippen LogP contribution in [0.5, 0.6) is 0 Å². The highest BCUT2D eigenvalue weighted by Crippen LogP contribution is 2.30. The van der Waals surface area contributed by atoms with Gasteiger partial charge in [0.2, 0.25) is 5.95 Å². The second kappa shape index (κ2) is 4.67. The number of rotatable bonds is 3. The Bertz CT molecular complexity index is 739. The van der Waals surface area contributed by atoms with E-state index >= 15 is 0 Å². The van der Waals surface area contributed by atoms with Crippen molar-refractivity contribution in [2.24, 2.45) is 7.05 Å². The number of hydrogen-bond acceptors (Lipinski definition) is 3. The second-order valence-corrected chi connectivity index (χ2v) is 5.06. The van der Waals surface area contributed by atoms with Crippen molar-refractivity contribution >= 4 is 17.1 Å². The Morgan fingerprint density at radius 1 is 1.25 bits per heavy atom. The van der Waals surface area contributed by atoms with Gasteiger partial charge in [-0.2, -0.15) is 5.10 Å². The Kier molecular flexibility index (Phi) is 2.97. The molecule has 0 aliphatic carbocycles. The van der Waals surface area contributed by atoms with Gasteiger partial charge < -0.3 is 5.73 Å². The Hall–Kier alpha value is -2.30. The summed E-state index contributed by atoms with van der Waals surface area (Å²) in [7, 11) is 1.94. The van der Waals surface area contributed by atoms with Crippen LogP contribution in [-0.2, 0) is 7.05 Å². The van der Waals surface area contributed by atoms with E-state index in [9.17, 15) is 0 Å². The average Bonchev–Trinajstić information content (AvgIpc) is 2.91. The lowest BCUT2D eigenvalue weighted by atomic mass is 10.0. The smallest absolute Gasteiger partial charge is 0.203 e. The largest absolute Gasteiger partial charge is 0.369 e. The van der Waals surface area contributed by atoms with Crippen molar-refractivity contribution in [1.29, 1.82) is 0 Å². The maximum absolute atomic E-state index is 6.16. The van der Waals surface area contributed by atoms with Gasteiger partial charge in [-0.05, 0) is 18.9 Å². The van der Waals surface area contributed by atoms with Gasteiger partial charge >= 0.3 is 0 Å². The summed E-state index contributed by atoms with van der Waals surface area (Å²) in [4.78, 5) is 4.49. The first kappa shape index (κ1) is 12.7. The van der Waals surface area contributed by atoms with Crippen LogP contribution in [0.15, 0.2) is 30.3 Å². The van der Waals surface area contributed by atoms with Crippen molar-refractivity contribution in [3.63, 3.8) is 0 Å². The molecule has 0 aliphatic heterocycles. The lowest BCUT2D eigenvalue weighted by Crippen LogP contribution is -2.14. The number of nitrogens with two attached hydrogens (primary N) is 1. The molecule has 2 heterocycles. The molecule has 0 saturated heterocycles. The van der Waals surface area contributed by atoms with Gasteiger partial charge in [0, 0.05) is 7.05 Å². The van der Waals surface area contributed by atoms with Crippen LogP contribution < -0.4 is 5.73 Å². The molecule has 5 heteroatoms. The summed E-state index contributed by atoms with van der Waals surface area (Å²) in [5.74, 6) is 0.548. The molecule has 5 nitrogen and oxygen atoms in total. The third kappa shape index (κ3) is 1.78. The first-order valence-electron chi connectivity index (χ1n) is 6.85. The van der Waals surface area contributed by atoms with Crippen molar-refractivity contribution in [3.8, 4) is 0 Å². The molecule has 0 amide bonds. The first-order chi connectivity index (χ1) is 9.63. The fourth-order valence-electron chi connectivity index (χ4n) is 2.86. The highest BCUT2D eigenvalue weighted by molar-refractivity contribution is 5.77. The van der Waals surface area contributed by atoms with Gasteiger partial charge in [-0.25, -0.2) is 4.98 Å². The molecule has 3 rings (SSSR count). The standard InChI is InChI=1S/C15H19N5/c1-4-12(11-8-6-5-7-9-11)20-14-13(17-15(20)16)10(2)18-19(14)3/h5-9,12H,4H2,1-3H3,(H2,16,17). The zero-order chi connectivity index (χ0) is 14.3. The van der Waals surface area contributed by atoms with E-state index in [0.29, 0.717) is 5.95 Å². The molecular formula is C15H19N5. The molecular weight excluding hydrogens is 250 g/mol. The fraction of sp³-hybridized carbons (Fsp3) is 0.333. The van der Waals surface area contributed by atoms with E-state index in [4.69, 9.17) is 5.73 Å². The van der Waals surface area contributed by atoms with Crippen molar-refractivity contribution in [1.82, 2.24) is 19.3 Å². The second-order valence-electron chi connectivity index (χ2n) is 5.06. The summed E-state index contributed by atoms with van der Waals surface area (Å²) in [5, 5.41) is 4.44. The van der Waals surface area contributed by atoms with Crippen molar-refractivity contribution in [2.75, 3.05) is 5.73 Å². The number of nitrogen functional groups attached to an aromatic ring is 1. The minimum atomic E-state index is 0.177. The molecule has 104 valence electrons. The number of aryl methyl sites for hydroxylation is 2. The van der Waals surface area contributed by atoms with Crippen molar-refractivity contribution < 1.29 is 0 Å². The summed E-state index contributed by atoms with van der Waals surface area (Å²) in [6.45, 7) is 4.12. The third-order valence-electron chi connectivity index (χ3n) is 3.75. The lowest BCUT2D eigenvalue weighted by Gasteiger charge is -2.19. The fourth-order valence-corrected chi connectivity index (χ4v) is 2.86. The van der Waals surface area contributed by atoms with Crippen molar-refractivity contribution in [3.05, 3.63) is 41.6 Å². The number of fused-ring (bicyclic) bond motifs is 1. The van der Waals surface area contributed by atoms with E-state index in [0.717, 1.165) is 23.3 Å². The van der Waals surface area contributed by atoms with Gasteiger partial charge in [0.05, 0.1) is 11.7 Å². The van der Waals surface area contributed by atoms with Gasteiger partial charge in [0.25, 0.3) is 0 Å². The minimum Gasteiger partial charge on any atom is -0.369 e. The van der Waals surface area contributed by atoms with Crippen LogP contribution in [0.1, 0.15) is 30.6 Å². The molecule has 2 N–H and O–H groups in total. The van der Waals surface area contributed by atoms with E-state index in [2.05, 4.69) is 45.8 Å². The van der Waals surface area contributed by atoms with Gasteiger partial charge in [0.15, 0.2) is 5.65 Å². The zero-order valence-electron chi connectivity index (χ0n) is 12.0. The van der Waals surface area contributed by atoms with Gasteiger partial charge in [-0.3, -0.25) is 9.25 Å². The monoisotopic (exact) mass is 269 g/mol. The molecule has 1 atom stereocenters. The Morgan fingerprint density at radius 2 is 1.95 bits per heavy atom. The number of imidazole rings is 1. The molecule has 0 bridgehead atoms. The highest BCUT2D eigenvalue weighted by atomic mass is 15.4. The molecule has 0 saturated carbocycles. The van der Waals surface area contributed by atoms with Crippen LogP contribution in [-0.4, -0.2) is 19.3 Å². The Morgan fingerprint density at radius 3 is 2.60 bits per heavy atom. The first-order valence-corrected chi connectivity index (χ1v) is 6.85. The van der Waals surface area contributed by atoms with Gasteiger partial charge in [-0.15, -0.1) is 0 Å². The van der Waals surface area contributed by atoms with E-state index in [-0.39, 0.29) is 6.04 Å². The summed E-state index contributed by atoms with van der Waals surface area (Å²) in [5.41, 5.74) is 10.2. The number of anilines is 1. The summed E-state index contributed by atoms with van der Waals surface area (Å²) >= 11 is 0. The SMILES string of the molecule is CCC(c1ccccc1)n1c(N)nc2c(C)nn(C)c21. The lowest BCUT2D eigenvalue weighted by molar-refractivity contribution is 0.572. The summed E-state index contributed by atoms with van der Waals surface area (Å²) < 4.78 is 3.95. The van der Waals surface area contributed by atoms with Crippen LogP contribution in [0.2, 0.25) is 0 Å². The average molecular weight is 269 g/mol. The van der Waals surface area contributed by atoms with Crippen LogP contribution in [0.25, 0.3) is 11.2 Å². The van der Waals surface area contributed by atoms with Crippen LogP contribution in [0, 0.1) is 6.92 Å². The molecule has 1 unspecified atom stereocenters. The maximum Gasteiger partial charge on any atom is 0.203 e.